The lowest BCUT2D eigenvalue weighted by Crippen LogP contribution is -2.32. The first-order valence-electron chi connectivity index (χ1n) is 7.47. The van der Waals surface area contributed by atoms with E-state index in [1.54, 1.807) is 18.2 Å². The number of carbonyl (C=O) groups is 1. The molecule has 5 heteroatoms. The van der Waals surface area contributed by atoms with Crippen LogP contribution in [0.15, 0.2) is 29.2 Å². The van der Waals surface area contributed by atoms with Gasteiger partial charge in [0.1, 0.15) is 5.82 Å². The van der Waals surface area contributed by atoms with Crippen LogP contribution in [-0.4, -0.2) is 29.4 Å². The van der Waals surface area contributed by atoms with Crippen molar-refractivity contribution < 1.29 is 14.3 Å². The maximum Gasteiger partial charge on any atom is 0.220 e. The highest BCUT2D eigenvalue weighted by Crippen LogP contribution is 2.24. The number of thioether (sulfide) groups is 1. The molecule has 116 valence electrons. The van der Waals surface area contributed by atoms with Gasteiger partial charge in [-0.1, -0.05) is 12.1 Å². The molecule has 1 amide bonds. The van der Waals surface area contributed by atoms with E-state index in [0.29, 0.717) is 29.5 Å². The summed E-state index contributed by atoms with van der Waals surface area (Å²) in [6.07, 6.45) is 3.87. The van der Waals surface area contributed by atoms with Crippen molar-refractivity contribution in [2.45, 2.75) is 43.1 Å². The van der Waals surface area contributed by atoms with E-state index in [-0.39, 0.29) is 17.8 Å². The minimum Gasteiger partial charge on any atom is -0.393 e. The molecule has 0 saturated heterocycles. The molecule has 0 unspecified atom stereocenters. The molecule has 1 fully saturated rings. The molecular formula is C16H22FNO2S. The Morgan fingerprint density at radius 2 is 2.00 bits per heavy atom. The van der Waals surface area contributed by atoms with Crippen LogP contribution in [0.25, 0.3) is 0 Å². The normalized spacial score (nSPS) is 22.0. The summed E-state index contributed by atoms with van der Waals surface area (Å²) in [5.41, 5.74) is 0. The van der Waals surface area contributed by atoms with Gasteiger partial charge in [-0.25, -0.2) is 4.39 Å². The molecule has 0 aromatic heterocycles. The quantitative estimate of drug-likeness (QED) is 0.794. The molecule has 1 saturated carbocycles. The van der Waals surface area contributed by atoms with Crippen molar-refractivity contribution >= 4 is 17.7 Å². The molecule has 0 atom stereocenters. The van der Waals surface area contributed by atoms with E-state index in [0.717, 1.165) is 25.7 Å². The maximum atomic E-state index is 13.4. The Balaban J connectivity index is 1.61. The third kappa shape index (κ3) is 5.67. The van der Waals surface area contributed by atoms with Crippen molar-refractivity contribution in [1.29, 1.82) is 0 Å². The van der Waals surface area contributed by atoms with Crippen LogP contribution < -0.4 is 5.32 Å². The Bertz CT molecular complexity index is 461. The van der Waals surface area contributed by atoms with Gasteiger partial charge in [0.2, 0.25) is 5.91 Å². The van der Waals surface area contributed by atoms with Crippen molar-refractivity contribution in [2.24, 2.45) is 5.92 Å². The number of nitrogens with one attached hydrogen (secondary N) is 1. The lowest BCUT2D eigenvalue weighted by atomic mass is 9.87. The van der Waals surface area contributed by atoms with Gasteiger partial charge in [0, 0.05) is 23.6 Å². The van der Waals surface area contributed by atoms with Crippen LogP contribution in [0, 0.1) is 11.7 Å². The van der Waals surface area contributed by atoms with Gasteiger partial charge in [-0.05, 0) is 43.7 Å². The lowest BCUT2D eigenvalue weighted by Gasteiger charge is -2.25. The van der Waals surface area contributed by atoms with Crippen LogP contribution in [0.5, 0.6) is 0 Å². The van der Waals surface area contributed by atoms with Crippen LogP contribution in [-0.2, 0) is 4.79 Å². The molecule has 0 aliphatic heterocycles. The average Bonchev–Trinajstić information content (AvgIpc) is 2.49. The number of benzene rings is 1. The first-order valence-corrected chi connectivity index (χ1v) is 8.46. The minimum absolute atomic E-state index is 0.0185. The zero-order valence-corrected chi connectivity index (χ0v) is 12.9. The van der Waals surface area contributed by atoms with E-state index >= 15 is 0 Å². The largest absolute Gasteiger partial charge is 0.393 e. The number of hydrogen-bond acceptors (Lipinski definition) is 3. The highest BCUT2D eigenvalue weighted by atomic mass is 32.2. The highest BCUT2D eigenvalue weighted by Gasteiger charge is 2.19. The van der Waals surface area contributed by atoms with E-state index in [4.69, 9.17) is 0 Å². The van der Waals surface area contributed by atoms with E-state index < -0.39 is 0 Å². The van der Waals surface area contributed by atoms with Gasteiger partial charge >= 0.3 is 0 Å². The van der Waals surface area contributed by atoms with Crippen molar-refractivity contribution in [3.8, 4) is 0 Å². The Kier molecular flexibility index (Phi) is 6.51. The Morgan fingerprint density at radius 1 is 1.29 bits per heavy atom. The minimum atomic E-state index is -0.233. The fourth-order valence-electron chi connectivity index (χ4n) is 2.51. The zero-order chi connectivity index (χ0) is 15.1. The van der Waals surface area contributed by atoms with E-state index in [1.807, 2.05) is 0 Å². The van der Waals surface area contributed by atoms with Gasteiger partial charge in [-0.3, -0.25) is 4.79 Å². The average molecular weight is 311 g/mol. The maximum absolute atomic E-state index is 13.4. The van der Waals surface area contributed by atoms with Gasteiger partial charge < -0.3 is 10.4 Å². The number of aliphatic hydroxyl groups is 1. The summed E-state index contributed by atoms with van der Waals surface area (Å²) in [5.74, 6) is 0.848. The van der Waals surface area contributed by atoms with E-state index in [1.165, 1.54) is 17.8 Å². The SMILES string of the molecule is O=C(CCSc1ccccc1F)NCC1CCC(O)CC1. The second-order valence-corrected chi connectivity index (χ2v) is 6.64. The summed E-state index contributed by atoms with van der Waals surface area (Å²) < 4.78 is 13.4. The highest BCUT2D eigenvalue weighted by molar-refractivity contribution is 7.99. The standard InChI is InChI=1S/C16H22FNO2S/c17-14-3-1-2-4-15(14)21-10-9-16(20)18-11-12-5-7-13(19)8-6-12/h1-4,12-13,19H,5-11H2,(H,18,20). The summed E-state index contributed by atoms with van der Waals surface area (Å²) >= 11 is 1.37. The second-order valence-electron chi connectivity index (χ2n) is 5.51. The lowest BCUT2D eigenvalue weighted by molar-refractivity contribution is -0.120. The molecule has 1 aromatic carbocycles. The van der Waals surface area contributed by atoms with Crippen LogP contribution >= 0.6 is 11.8 Å². The molecule has 2 rings (SSSR count). The van der Waals surface area contributed by atoms with Crippen molar-refractivity contribution in [2.75, 3.05) is 12.3 Å². The topological polar surface area (TPSA) is 49.3 Å². The van der Waals surface area contributed by atoms with Crippen molar-refractivity contribution in [3.05, 3.63) is 30.1 Å². The number of carbonyl (C=O) groups excluding carboxylic acids is 1. The Hall–Kier alpha value is -1.07. The molecule has 21 heavy (non-hydrogen) atoms. The molecule has 3 nitrogen and oxygen atoms in total. The number of hydrogen-bond donors (Lipinski definition) is 2. The fourth-order valence-corrected chi connectivity index (χ4v) is 3.40. The third-order valence-electron chi connectivity index (χ3n) is 3.83. The second kappa shape index (κ2) is 8.39. The van der Waals surface area contributed by atoms with Crippen molar-refractivity contribution in [1.82, 2.24) is 5.32 Å². The smallest absolute Gasteiger partial charge is 0.220 e. The van der Waals surface area contributed by atoms with E-state index in [9.17, 15) is 14.3 Å². The van der Waals surface area contributed by atoms with Crippen LogP contribution in [0.2, 0.25) is 0 Å². The van der Waals surface area contributed by atoms with Gasteiger partial charge in [0.25, 0.3) is 0 Å². The van der Waals surface area contributed by atoms with Crippen molar-refractivity contribution in [3.63, 3.8) is 0 Å². The van der Waals surface area contributed by atoms with Gasteiger partial charge in [0.05, 0.1) is 6.10 Å². The number of aliphatic hydroxyl groups excluding tert-OH is 1. The van der Waals surface area contributed by atoms with Crippen LogP contribution in [0.1, 0.15) is 32.1 Å². The number of rotatable bonds is 6. The molecular weight excluding hydrogens is 289 g/mol. The van der Waals surface area contributed by atoms with Gasteiger partial charge in [0.15, 0.2) is 0 Å². The number of halogens is 1. The molecule has 0 bridgehead atoms. The van der Waals surface area contributed by atoms with E-state index in [2.05, 4.69) is 5.32 Å². The monoisotopic (exact) mass is 311 g/mol. The summed E-state index contributed by atoms with van der Waals surface area (Å²) in [6.45, 7) is 0.690. The van der Waals surface area contributed by atoms with Gasteiger partial charge in [-0.15, -0.1) is 11.8 Å². The first-order chi connectivity index (χ1) is 10.1. The summed E-state index contributed by atoms with van der Waals surface area (Å²) in [6, 6.07) is 6.61. The fraction of sp³-hybridized carbons (Fsp3) is 0.562. The molecule has 1 aliphatic rings. The predicted molar refractivity (Wildman–Crippen MR) is 82.7 cm³/mol. The van der Waals surface area contributed by atoms with Crippen LogP contribution in [0.3, 0.4) is 0 Å². The zero-order valence-electron chi connectivity index (χ0n) is 12.1. The third-order valence-corrected chi connectivity index (χ3v) is 4.88. The summed E-state index contributed by atoms with van der Waals surface area (Å²) in [5, 5.41) is 12.4. The Morgan fingerprint density at radius 3 is 2.71 bits per heavy atom. The molecule has 0 spiro atoms. The van der Waals surface area contributed by atoms with Gasteiger partial charge in [-0.2, -0.15) is 0 Å². The van der Waals surface area contributed by atoms with Crippen LogP contribution in [0.4, 0.5) is 4.39 Å². The Labute approximate surface area is 129 Å². The summed E-state index contributed by atoms with van der Waals surface area (Å²) in [7, 11) is 0. The summed E-state index contributed by atoms with van der Waals surface area (Å²) in [4.78, 5) is 12.3. The predicted octanol–water partition coefficient (Wildman–Crippen LogP) is 2.98. The molecule has 0 heterocycles. The molecule has 2 N–H and O–H groups in total. The first kappa shape index (κ1) is 16.3. The molecule has 1 aliphatic carbocycles. The number of amides is 1. The molecule has 0 radical (unpaired) electrons. The molecule has 1 aromatic rings.